The number of nitrogens with two attached hydrogens (primary N) is 1. The Morgan fingerprint density at radius 2 is 1.92 bits per heavy atom. The molecule has 1 aromatic rings. The van der Waals surface area contributed by atoms with Crippen LogP contribution in [-0.2, 0) is 0 Å². The van der Waals surface area contributed by atoms with E-state index < -0.39 is 11.6 Å². The first-order valence-electron chi connectivity index (χ1n) is 3.92. The first-order chi connectivity index (χ1) is 6.15. The van der Waals surface area contributed by atoms with Gasteiger partial charge in [0.25, 0.3) is 0 Å². The third kappa shape index (κ3) is 2.24. The Hall–Kier alpha value is -1.45. The zero-order valence-electron chi connectivity index (χ0n) is 7.22. The van der Waals surface area contributed by atoms with Crippen molar-refractivity contribution >= 4 is 11.5 Å². The third-order valence-corrected chi connectivity index (χ3v) is 1.56. The summed E-state index contributed by atoms with van der Waals surface area (Å²) in [6, 6.07) is 3.57. The maximum Gasteiger partial charge on any atom is 0.151 e. The van der Waals surface area contributed by atoms with Gasteiger partial charge < -0.3 is 5.73 Å². The van der Waals surface area contributed by atoms with E-state index in [2.05, 4.69) is 4.99 Å². The molecule has 0 aliphatic carbocycles. The molecule has 2 nitrogen and oxygen atoms in total. The molecule has 0 aromatic heterocycles. The second kappa shape index (κ2) is 3.98. The summed E-state index contributed by atoms with van der Waals surface area (Å²) in [7, 11) is 0. The van der Waals surface area contributed by atoms with Crippen LogP contribution in [0.1, 0.15) is 13.3 Å². The number of hydrogen-bond donors (Lipinski definition) is 1. The second-order valence-corrected chi connectivity index (χ2v) is 2.53. The maximum absolute atomic E-state index is 12.9. The van der Waals surface area contributed by atoms with Gasteiger partial charge in [-0.3, -0.25) is 0 Å². The number of benzene rings is 1. The largest absolute Gasteiger partial charge is 0.387 e. The van der Waals surface area contributed by atoms with E-state index in [1.807, 2.05) is 0 Å². The van der Waals surface area contributed by atoms with E-state index >= 15 is 0 Å². The molecule has 0 amide bonds. The highest BCUT2D eigenvalue weighted by atomic mass is 19.1. The van der Waals surface area contributed by atoms with E-state index in [9.17, 15) is 8.78 Å². The van der Waals surface area contributed by atoms with Crippen molar-refractivity contribution in [2.45, 2.75) is 13.3 Å². The highest BCUT2D eigenvalue weighted by Crippen LogP contribution is 2.21. The molecule has 2 N–H and O–H groups in total. The SMILES string of the molecule is CCC(N)=Nc1c(F)cccc1F. The Balaban J connectivity index is 3.14. The number of hydrogen-bond acceptors (Lipinski definition) is 1. The molecule has 70 valence electrons. The summed E-state index contributed by atoms with van der Waals surface area (Å²) < 4.78 is 25.9. The molecule has 0 fully saturated rings. The quantitative estimate of drug-likeness (QED) is 0.556. The van der Waals surface area contributed by atoms with Crippen LogP contribution in [-0.4, -0.2) is 5.84 Å². The van der Waals surface area contributed by atoms with E-state index in [1.165, 1.54) is 6.07 Å². The molecule has 0 saturated heterocycles. The molecule has 0 bridgehead atoms. The zero-order valence-corrected chi connectivity index (χ0v) is 7.22. The van der Waals surface area contributed by atoms with Gasteiger partial charge in [-0.25, -0.2) is 13.8 Å². The van der Waals surface area contributed by atoms with Crippen molar-refractivity contribution in [1.82, 2.24) is 0 Å². The van der Waals surface area contributed by atoms with Crippen LogP contribution in [0.3, 0.4) is 0 Å². The van der Waals surface area contributed by atoms with Crippen LogP contribution in [0.5, 0.6) is 0 Å². The van der Waals surface area contributed by atoms with Crippen molar-refractivity contribution in [2.75, 3.05) is 0 Å². The average Bonchev–Trinajstić information content (AvgIpc) is 2.11. The lowest BCUT2D eigenvalue weighted by molar-refractivity contribution is 0.587. The minimum absolute atomic E-state index is 0.212. The summed E-state index contributed by atoms with van der Waals surface area (Å²) in [6.45, 7) is 1.76. The molecule has 1 aromatic carbocycles. The molecular formula is C9H10F2N2. The van der Waals surface area contributed by atoms with Crippen LogP contribution < -0.4 is 5.73 Å². The number of para-hydroxylation sites is 1. The standard InChI is InChI=1S/C9H10F2N2/c1-2-8(12)13-9-6(10)4-3-5-7(9)11/h3-5H,2H2,1H3,(H2,12,13). The van der Waals surface area contributed by atoms with Crippen LogP contribution in [0.25, 0.3) is 0 Å². The van der Waals surface area contributed by atoms with Gasteiger partial charge in [0, 0.05) is 6.42 Å². The monoisotopic (exact) mass is 184 g/mol. The first kappa shape index (κ1) is 9.64. The van der Waals surface area contributed by atoms with Gasteiger partial charge in [-0.05, 0) is 12.1 Å². The van der Waals surface area contributed by atoms with Crippen molar-refractivity contribution in [2.24, 2.45) is 10.7 Å². The Morgan fingerprint density at radius 1 is 1.38 bits per heavy atom. The molecule has 0 spiro atoms. The zero-order chi connectivity index (χ0) is 9.84. The van der Waals surface area contributed by atoms with E-state index in [-0.39, 0.29) is 11.5 Å². The minimum Gasteiger partial charge on any atom is -0.387 e. The lowest BCUT2D eigenvalue weighted by Crippen LogP contribution is -2.09. The Bertz CT molecular complexity index is 314. The molecule has 0 heterocycles. The molecule has 1 rings (SSSR count). The Labute approximate surface area is 75.1 Å². The topological polar surface area (TPSA) is 38.4 Å². The van der Waals surface area contributed by atoms with Crippen LogP contribution in [0, 0.1) is 11.6 Å². The number of amidine groups is 1. The van der Waals surface area contributed by atoms with Gasteiger partial charge in [-0.15, -0.1) is 0 Å². The summed E-state index contributed by atoms with van der Waals surface area (Å²) >= 11 is 0. The predicted octanol–water partition coefficient (Wildman–Crippen LogP) is 2.36. The van der Waals surface area contributed by atoms with Gasteiger partial charge in [0.05, 0.1) is 5.84 Å². The number of nitrogens with zero attached hydrogens (tertiary/aromatic N) is 1. The smallest absolute Gasteiger partial charge is 0.151 e. The molecular weight excluding hydrogens is 174 g/mol. The molecule has 4 heteroatoms. The summed E-state index contributed by atoms with van der Waals surface area (Å²) in [6.07, 6.45) is 0.466. The van der Waals surface area contributed by atoms with Crippen LogP contribution in [0.2, 0.25) is 0 Å². The summed E-state index contributed by atoms with van der Waals surface area (Å²) in [5.74, 6) is -1.18. The second-order valence-electron chi connectivity index (χ2n) is 2.53. The molecule has 0 aliphatic heterocycles. The summed E-state index contributed by atoms with van der Waals surface area (Å²) in [5, 5.41) is 0. The Morgan fingerprint density at radius 3 is 2.38 bits per heavy atom. The van der Waals surface area contributed by atoms with Crippen molar-refractivity contribution in [3.8, 4) is 0 Å². The number of rotatable bonds is 2. The van der Waals surface area contributed by atoms with E-state index in [0.29, 0.717) is 6.42 Å². The molecule has 0 aliphatic rings. The summed E-state index contributed by atoms with van der Waals surface area (Å²) in [4.78, 5) is 3.62. The van der Waals surface area contributed by atoms with Gasteiger partial charge in [-0.2, -0.15) is 0 Å². The fraction of sp³-hybridized carbons (Fsp3) is 0.222. The van der Waals surface area contributed by atoms with Gasteiger partial charge in [-0.1, -0.05) is 13.0 Å². The van der Waals surface area contributed by atoms with Crippen molar-refractivity contribution in [3.05, 3.63) is 29.8 Å². The molecule has 0 unspecified atom stereocenters. The van der Waals surface area contributed by atoms with Gasteiger partial charge in [0.15, 0.2) is 11.6 Å². The average molecular weight is 184 g/mol. The van der Waals surface area contributed by atoms with Crippen LogP contribution in [0.15, 0.2) is 23.2 Å². The van der Waals surface area contributed by atoms with E-state index in [1.54, 1.807) is 6.92 Å². The lowest BCUT2D eigenvalue weighted by atomic mass is 10.3. The van der Waals surface area contributed by atoms with Gasteiger partial charge in [0.1, 0.15) is 5.69 Å². The Kier molecular flexibility index (Phi) is 2.95. The third-order valence-electron chi connectivity index (χ3n) is 1.56. The van der Waals surface area contributed by atoms with Crippen LogP contribution in [0.4, 0.5) is 14.5 Å². The normalized spacial score (nSPS) is 11.8. The minimum atomic E-state index is -0.698. The summed E-state index contributed by atoms with van der Waals surface area (Å²) in [5.41, 5.74) is 5.04. The number of aliphatic imine (C=N–C) groups is 1. The molecule has 13 heavy (non-hydrogen) atoms. The van der Waals surface area contributed by atoms with Crippen molar-refractivity contribution < 1.29 is 8.78 Å². The van der Waals surface area contributed by atoms with E-state index in [4.69, 9.17) is 5.73 Å². The van der Waals surface area contributed by atoms with E-state index in [0.717, 1.165) is 12.1 Å². The molecule has 0 radical (unpaired) electrons. The fourth-order valence-electron chi connectivity index (χ4n) is 0.818. The van der Waals surface area contributed by atoms with Crippen molar-refractivity contribution in [1.29, 1.82) is 0 Å². The van der Waals surface area contributed by atoms with Crippen LogP contribution >= 0.6 is 0 Å². The fourth-order valence-corrected chi connectivity index (χ4v) is 0.818. The van der Waals surface area contributed by atoms with Gasteiger partial charge in [0.2, 0.25) is 0 Å². The molecule has 0 atom stereocenters. The highest BCUT2D eigenvalue weighted by Gasteiger charge is 2.06. The van der Waals surface area contributed by atoms with Crippen molar-refractivity contribution in [3.63, 3.8) is 0 Å². The van der Waals surface area contributed by atoms with Gasteiger partial charge >= 0.3 is 0 Å². The molecule has 0 saturated carbocycles. The number of halogens is 2. The lowest BCUT2D eigenvalue weighted by Gasteiger charge is -1.99. The highest BCUT2D eigenvalue weighted by molar-refractivity contribution is 5.82. The first-order valence-corrected chi connectivity index (χ1v) is 3.92. The maximum atomic E-state index is 12.9. The predicted molar refractivity (Wildman–Crippen MR) is 47.9 cm³/mol.